The molecule has 0 spiro atoms. The number of nitrogens with one attached hydrogen (secondary N) is 1. The van der Waals surface area contributed by atoms with Crippen LogP contribution >= 0.6 is 0 Å². The van der Waals surface area contributed by atoms with Crippen molar-refractivity contribution in [3.63, 3.8) is 0 Å². The number of benzene rings is 1. The average molecular weight is 331 g/mol. The number of amides is 2. The van der Waals surface area contributed by atoms with E-state index in [0.29, 0.717) is 13.1 Å². The molecule has 0 aromatic heterocycles. The Morgan fingerprint density at radius 2 is 2.08 bits per heavy atom. The molecule has 2 fully saturated rings. The predicted octanol–water partition coefficient (Wildman–Crippen LogP) is 2.51. The minimum absolute atomic E-state index is 0.0221. The summed E-state index contributed by atoms with van der Waals surface area (Å²) in [6.07, 6.45) is 3.03. The molecule has 24 heavy (non-hydrogen) atoms. The van der Waals surface area contributed by atoms with Crippen molar-refractivity contribution in [2.45, 2.75) is 45.8 Å². The van der Waals surface area contributed by atoms with Crippen molar-refractivity contribution in [1.29, 1.82) is 0 Å². The fourth-order valence-electron chi connectivity index (χ4n) is 3.72. The van der Waals surface area contributed by atoms with Gasteiger partial charge in [0, 0.05) is 44.3 Å². The number of hydrogen-bond acceptors (Lipinski definition) is 3. The number of aliphatic hydroxyl groups excluding tert-OH is 1. The second kappa shape index (κ2) is 7.43. The number of aryl methyl sites for hydroxylation is 1. The molecule has 0 aliphatic carbocycles. The summed E-state index contributed by atoms with van der Waals surface area (Å²) in [6.45, 7) is 8.06. The van der Waals surface area contributed by atoms with Crippen LogP contribution in [0.25, 0.3) is 0 Å². The van der Waals surface area contributed by atoms with Crippen LogP contribution in [0.2, 0.25) is 0 Å². The first-order chi connectivity index (χ1) is 11.5. The Morgan fingerprint density at radius 1 is 1.33 bits per heavy atom. The Hall–Kier alpha value is -1.75. The molecule has 5 nitrogen and oxygen atoms in total. The van der Waals surface area contributed by atoms with Crippen LogP contribution in [0, 0.1) is 12.8 Å². The van der Waals surface area contributed by atoms with Crippen LogP contribution in [0.3, 0.4) is 0 Å². The lowest BCUT2D eigenvalue weighted by atomic mass is 10.0. The van der Waals surface area contributed by atoms with Crippen molar-refractivity contribution >= 4 is 11.7 Å². The normalized spacial score (nSPS) is 22.0. The third kappa shape index (κ3) is 3.83. The maximum atomic E-state index is 12.4. The molecule has 132 valence electrons. The van der Waals surface area contributed by atoms with Gasteiger partial charge >= 0.3 is 6.03 Å². The molecule has 1 aromatic carbocycles. The van der Waals surface area contributed by atoms with Gasteiger partial charge < -0.3 is 20.2 Å². The largest absolute Gasteiger partial charge is 0.393 e. The number of rotatable bonds is 4. The fraction of sp³-hybridized carbons (Fsp3) is 0.632. The van der Waals surface area contributed by atoms with Gasteiger partial charge in [0.25, 0.3) is 0 Å². The second-order valence-corrected chi connectivity index (χ2v) is 7.22. The molecule has 0 radical (unpaired) electrons. The van der Waals surface area contributed by atoms with E-state index in [0.717, 1.165) is 26.1 Å². The smallest absolute Gasteiger partial charge is 0.317 e. The van der Waals surface area contributed by atoms with Gasteiger partial charge in [0.1, 0.15) is 0 Å². The van der Waals surface area contributed by atoms with Gasteiger partial charge in [-0.25, -0.2) is 4.79 Å². The van der Waals surface area contributed by atoms with E-state index < -0.39 is 0 Å². The average Bonchev–Trinajstić information content (AvgIpc) is 3.24. The van der Waals surface area contributed by atoms with Crippen LogP contribution in [-0.2, 0) is 6.54 Å². The van der Waals surface area contributed by atoms with Crippen LogP contribution in [0.4, 0.5) is 10.5 Å². The standard InChI is InChI=1S/C19H29N3O2/c1-14-5-6-16(18(11-14)21-8-3-4-9-21)12-20-19(24)22-10-7-17(13-22)15(2)23/h5-6,11,15,17,23H,3-4,7-10,12-13H2,1-2H3,(H,20,24)/t15-,17-/m1/s1. The van der Waals surface area contributed by atoms with Gasteiger partial charge in [-0.3, -0.25) is 0 Å². The number of urea groups is 1. The Balaban J connectivity index is 1.61. The Morgan fingerprint density at radius 3 is 2.75 bits per heavy atom. The first-order valence-corrected chi connectivity index (χ1v) is 9.10. The molecule has 0 unspecified atom stereocenters. The molecule has 2 aliphatic rings. The Labute approximate surface area is 144 Å². The number of carbonyl (C=O) groups is 1. The van der Waals surface area contributed by atoms with Gasteiger partial charge in [0.2, 0.25) is 0 Å². The van der Waals surface area contributed by atoms with E-state index in [-0.39, 0.29) is 18.1 Å². The summed E-state index contributed by atoms with van der Waals surface area (Å²) in [5, 5.41) is 12.7. The minimum Gasteiger partial charge on any atom is -0.393 e. The van der Waals surface area contributed by atoms with E-state index in [1.165, 1.54) is 29.7 Å². The highest BCUT2D eigenvalue weighted by Crippen LogP contribution is 2.26. The molecular formula is C19H29N3O2. The summed E-state index contributed by atoms with van der Waals surface area (Å²) < 4.78 is 0. The maximum absolute atomic E-state index is 12.4. The van der Waals surface area contributed by atoms with Gasteiger partial charge in [0.15, 0.2) is 0 Å². The van der Waals surface area contributed by atoms with Crippen molar-refractivity contribution in [3.8, 4) is 0 Å². The summed E-state index contributed by atoms with van der Waals surface area (Å²) in [5.74, 6) is 0.204. The quantitative estimate of drug-likeness (QED) is 0.891. The molecule has 2 aliphatic heterocycles. The van der Waals surface area contributed by atoms with Crippen molar-refractivity contribution in [3.05, 3.63) is 29.3 Å². The van der Waals surface area contributed by atoms with E-state index in [9.17, 15) is 9.90 Å². The SMILES string of the molecule is Cc1ccc(CNC(=O)N2CC[C@@H]([C@@H](C)O)C2)c(N2CCCC2)c1. The van der Waals surface area contributed by atoms with Crippen molar-refractivity contribution in [2.75, 3.05) is 31.1 Å². The molecule has 2 atom stereocenters. The summed E-state index contributed by atoms with van der Waals surface area (Å²) in [6, 6.07) is 6.45. The summed E-state index contributed by atoms with van der Waals surface area (Å²) in [7, 11) is 0. The fourth-order valence-corrected chi connectivity index (χ4v) is 3.72. The monoisotopic (exact) mass is 331 g/mol. The van der Waals surface area contributed by atoms with Crippen LogP contribution in [0.1, 0.15) is 37.3 Å². The summed E-state index contributed by atoms with van der Waals surface area (Å²) in [5.41, 5.74) is 3.70. The van der Waals surface area contributed by atoms with Gasteiger partial charge in [0.05, 0.1) is 6.10 Å². The van der Waals surface area contributed by atoms with Crippen LogP contribution < -0.4 is 10.2 Å². The number of carbonyl (C=O) groups excluding carboxylic acids is 1. The second-order valence-electron chi connectivity index (χ2n) is 7.22. The predicted molar refractivity (Wildman–Crippen MR) is 96.2 cm³/mol. The first-order valence-electron chi connectivity index (χ1n) is 9.10. The number of likely N-dealkylation sites (tertiary alicyclic amines) is 1. The van der Waals surface area contributed by atoms with E-state index >= 15 is 0 Å². The third-order valence-electron chi connectivity index (χ3n) is 5.31. The van der Waals surface area contributed by atoms with E-state index in [4.69, 9.17) is 0 Å². The van der Waals surface area contributed by atoms with Gasteiger partial charge in [-0.1, -0.05) is 12.1 Å². The highest BCUT2D eigenvalue weighted by atomic mass is 16.3. The Bertz CT molecular complexity index is 582. The molecule has 1 aromatic rings. The van der Waals surface area contributed by atoms with E-state index in [1.807, 2.05) is 4.90 Å². The molecular weight excluding hydrogens is 302 g/mol. The molecule has 5 heteroatoms. The van der Waals surface area contributed by atoms with Crippen LogP contribution in [0.15, 0.2) is 18.2 Å². The molecule has 2 saturated heterocycles. The topological polar surface area (TPSA) is 55.8 Å². The number of aliphatic hydroxyl groups is 1. The highest BCUT2D eigenvalue weighted by molar-refractivity contribution is 5.75. The van der Waals surface area contributed by atoms with Crippen molar-refractivity contribution < 1.29 is 9.90 Å². The lowest BCUT2D eigenvalue weighted by Crippen LogP contribution is -2.39. The van der Waals surface area contributed by atoms with Crippen molar-refractivity contribution in [2.24, 2.45) is 5.92 Å². The Kier molecular flexibility index (Phi) is 5.29. The molecule has 2 N–H and O–H groups in total. The number of hydrogen-bond donors (Lipinski definition) is 2. The zero-order chi connectivity index (χ0) is 17.1. The number of anilines is 1. The molecule has 3 rings (SSSR count). The molecule has 0 bridgehead atoms. The van der Waals surface area contributed by atoms with Crippen molar-refractivity contribution in [1.82, 2.24) is 10.2 Å². The van der Waals surface area contributed by atoms with Gasteiger partial charge in [-0.2, -0.15) is 0 Å². The number of nitrogens with zero attached hydrogens (tertiary/aromatic N) is 2. The highest BCUT2D eigenvalue weighted by Gasteiger charge is 2.29. The van der Waals surface area contributed by atoms with Crippen LogP contribution in [0.5, 0.6) is 0 Å². The lowest BCUT2D eigenvalue weighted by molar-refractivity contribution is 0.129. The summed E-state index contributed by atoms with van der Waals surface area (Å²) >= 11 is 0. The molecule has 2 heterocycles. The van der Waals surface area contributed by atoms with E-state index in [2.05, 4.69) is 35.3 Å². The zero-order valence-electron chi connectivity index (χ0n) is 14.8. The summed E-state index contributed by atoms with van der Waals surface area (Å²) in [4.78, 5) is 16.7. The van der Waals surface area contributed by atoms with Gasteiger partial charge in [-0.05, 0) is 50.3 Å². The third-order valence-corrected chi connectivity index (χ3v) is 5.31. The van der Waals surface area contributed by atoms with E-state index in [1.54, 1.807) is 6.92 Å². The molecule has 2 amide bonds. The first kappa shape index (κ1) is 17.1. The van der Waals surface area contributed by atoms with Crippen LogP contribution in [-0.4, -0.2) is 48.3 Å². The zero-order valence-corrected chi connectivity index (χ0v) is 14.8. The molecule has 0 saturated carbocycles. The maximum Gasteiger partial charge on any atom is 0.317 e. The lowest BCUT2D eigenvalue weighted by Gasteiger charge is -2.23. The van der Waals surface area contributed by atoms with Gasteiger partial charge in [-0.15, -0.1) is 0 Å². The minimum atomic E-state index is -0.346.